The number of nitrogens with two attached hydrogens (primary N) is 1. The van der Waals surface area contributed by atoms with Crippen LogP contribution >= 0.6 is 31.1 Å². The maximum Gasteiger partial charge on any atom is 0.166 e. The zero-order valence-electron chi connectivity index (χ0n) is 17.2. The molecular weight excluding hydrogens is 464 g/mol. The lowest BCUT2D eigenvalue weighted by atomic mass is 10.1. The van der Waals surface area contributed by atoms with Crippen LogP contribution in [-0.2, 0) is 6.42 Å². The molecule has 3 aromatic rings. The number of anilines is 1. The molecule has 0 saturated heterocycles. The molecule has 3 rings (SSSR count). The van der Waals surface area contributed by atoms with Crippen LogP contribution < -0.4 is 20.5 Å². The topological polar surface area (TPSA) is 57.4 Å². The Morgan fingerprint density at radius 3 is 2.48 bits per heavy atom. The minimum atomic E-state index is -0.556. The molecule has 9 heteroatoms. The zero-order chi connectivity index (χ0) is 22.7. The van der Waals surface area contributed by atoms with Gasteiger partial charge in [0.2, 0.25) is 0 Å². The van der Waals surface area contributed by atoms with Gasteiger partial charge in [0.25, 0.3) is 0 Å². The van der Waals surface area contributed by atoms with Crippen LogP contribution in [0.5, 0.6) is 11.5 Å². The minimum absolute atomic E-state index is 0.0444. The van der Waals surface area contributed by atoms with Gasteiger partial charge >= 0.3 is 0 Å². The fourth-order valence-corrected chi connectivity index (χ4v) is 4.58. The maximum atomic E-state index is 14.8. The van der Waals surface area contributed by atoms with Crippen molar-refractivity contribution in [3.63, 3.8) is 0 Å². The van der Waals surface area contributed by atoms with Crippen LogP contribution in [0.25, 0.3) is 11.1 Å². The van der Waals surface area contributed by atoms with Crippen molar-refractivity contribution < 1.29 is 18.3 Å². The van der Waals surface area contributed by atoms with Crippen molar-refractivity contribution >= 4 is 42.2 Å². The number of pyridine rings is 1. The molecule has 0 aliphatic heterocycles. The Bertz CT molecular complexity index is 1110. The van der Waals surface area contributed by atoms with E-state index >= 15 is 0 Å². The van der Waals surface area contributed by atoms with Gasteiger partial charge in [0, 0.05) is 34.1 Å². The van der Waals surface area contributed by atoms with E-state index in [1.807, 2.05) is 13.3 Å². The van der Waals surface area contributed by atoms with Crippen molar-refractivity contribution in [3.8, 4) is 22.6 Å². The van der Waals surface area contributed by atoms with Gasteiger partial charge in [0.1, 0.15) is 17.4 Å². The zero-order valence-corrected chi connectivity index (χ0v) is 19.6. The summed E-state index contributed by atoms with van der Waals surface area (Å²) in [6, 6.07) is 7.39. The number of rotatable bonds is 7. The van der Waals surface area contributed by atoms with Crippen molar-refractivity contribution in [2.75, 3.05) is 32.8 Å². The highest BCUT2D eigenvalue weighted by Gasteiger charge is 2.17. The van der Waals surface area contributed by atoms with E-state index in [1.54, 1.807) is 19.2 Å². The van der Waals surface area contributed by atoms with Crippen LogP contribution in [0.2, 0.25) is 10.0 Å². The Kier molecular flexibility index (Phi) is 7.58. The Hall–Kier alpha value is -2.14. The van der Waals surface area contributed by atoms with E-state index in [-0.39, 0.29) is 35.4 Å². The van der Waals surface area contributed by atoms with E-state index < -0.39 is 13.7 Å². The highest BCUT2D eigenvalue weighted by molar-refractivity contribution is 7.64. The van der Waals surface area contributed by atoms with Crippen molar-refractivity contribution in [1.82, 2.24) is 4.98 Å². The third-order valence-electron chi connectivity index (χ3n) is 4.69. The molecule has 1 heterocycles. The molecule has 0 unspecified atom stereocenters. The van der Waals surface area contributed by atoms with Gasteiger partial charge in [0.05, 0.1) is 18.7 Å². The summed E-state index contributed by atoms with van der Waals surface area (Å²) < 4.78 is 39.7. The molecule has 1 aromatic heterocycles. The van der Waals surface area contributed by atoms with Crippen LogP contribution in [0.4, 0.5) is 14.6 Å². The molecule has 0 fully saturated rings. The molecule has 2 aromatic carbocycles. The number of nitrogen functional groups attached to an aromatic ring is 1. The number of methoxy groups -OCH3 is 1. The molecule has 0 atom stereocenters. The molecule has 0 radical (unpaired) electrons. The number of hydrogen-bond acceptors (Lipinski definition) is 4. The van der Waals surface area contributed by atoms with Gasteiger partial charge in [-0.05, 0) is 49.2 Å². The van der Waals surface area contributed by atoms with E-state index in [4.69, 9.17) is 38.4 Å². The predicted molar refractivity (Wildman–Crippen MR) is 125 cm³/mol. The highest BCUT2D eigenvalue weighted by atomic mass is 35.5. The summed E-state index contributed by atoms with van der Waals surface area (Å²) in [5.74, 6) is 0.0941. The van der Waals surface area contributed by atoms with Gasteiger partial charge in [-0.2, -0.15) is 0 Å². The predicted octanol–water partition coefficient (Wildman–Crippen LogP) is 5.91. The largest absolute Gasteiger partial charge is 0.496 e. The molecule has 0 aliphatic rings. The first-order chi connectivity index (χ1) is 14.7. The van der Waals surface area contributed by atoms with E-state index in [0.29, 0.717) is 27.5 Å². The average Bonchev–Trinajstić information content (AvgIpc) is 2.74. The third kappa shape index (κ3) is 5.20. The van der Waals surface area contributed by atoms with E-state index in [2.05, 4.69) is 4.98 Å². The summed E-state index contributed by atoms with van der Waals surface area (Å²) in [6.45, 7) is 4.18. The van der Waals surface area contributed by atoms with Gasteiger partial charge in [-0.25, -0.2) is 13.8 Å². The summed E-state index contributed by atoms with van der Waals surface area (Å²) in [5, 5.41) is 1.13. The summed E-state index contributed by atoms with van der Waals surface area (Å²) in [5.41, 5.74) is 7.18. The molecule has 31 heavy (non-hydrogen) atoms. The van der Waals surface area contributed by atoms with E-state index in [0.717, 1.165) is 5.30 Å². The summed E-state index contributed by atoms with van der Waals surface area (Å²) in [7, 11) is 1.01. The lowest BCUT2D eigenvalue weighted by molar-refractivity contribution is 0.322. The van der Waals surface area contributed by atoms with Crippen LogP contribution in [0.3, 0.4) is 0 Å². The normalized spacial score (nSPS) is 11.1. The smallest absolute Gasteiger partial charge is 0.166 e. The third-order valence-corrected chi connectivity index (χ3v) is 6.77. The lowest BCUT2D eigenvalue weighted by Crippen LogP contribution is -2.08. The van der Waals surface area contributed by atoms with Crippen LogP contribution in [-0.4, -0.2) is 32.0 Å². The number of hydrogen-bond donors (Lipinski definition) is 1. The first-order valence-electron chi connectivity index (χ1n) is 9.28. The quantitative estimate of drug-likeness (QED) is 0.334. The van der Waals surface area contributed by atoms with Gasteiger partial charge in [-0.1, -0.05) is 31.1 Å². The minimum Gasteiger partial charge on any atom is -0.496 e. The van der Waals surface area contributed by atoms with Crippen LogP contribution in [0, 0.1) is 11.6 Å². The van der Waals surface area contributed by atoms with Gasteiger partial charge in [0.15, 0.2) is 11.6 Å². The Morgan fingerprint density at radius 1 is 1.06 bits per heavy atom. The molecule has 0 bridgehead atoms. The Balaban J connectivity index is 1.85. The fourth-order valence-electron chi connectivity index (χ4n) is 3.06. The van der Waals surface area contributed by atoms with E-state index in [9.17, 15) is 8.78 Å². The van der Waals surface area contributed by atoms with E-state index in [1.165, 1.54) is 24.4 Å². The van der Waals surface area contributed by atoms with Crippen LogP contribution in [0.1, 0.15) is 5.56 Å². The second-order valence-corrected chi connectivity index (χ2v) is 9.98. The molecular formula is C22H21Cl2F2N2O2P. The van der Waals surface area contributed by atoms with Crippen molar-refractivity contribution in [2.24, 2.45) is 0 Å². The number of ether oxygens (including phenoxy) is 2. The molecule has 164 valence electrons. The van der Waals surface area contributed by atoms with Crippen molar-refractivity contribution in [1.29, 1.82) is 0 Å². The number of nitrogens with zero attached hydrogens (tertiary/aromatic N) is 1. The summed E-state index contributed by atoms with van der Waals surface area (Å²) in [4.78, 5) is 4.12. The first kappa shape index (κ1) is 23.5. The molecule has 0 amide bonds. The second kappa shape index (κ2) is 9.99. The van der Waals surface area contributed by atoms with Crippen molar-refractivity contribution in [3.05, 3.63) is 63.8 Å². The SMILES string of the molecule is COc1cc(-c2cnc(N)c(OCCc3c(Cl)ccc(F)c3Cl)c2)c(F)cc1P(C)C. The molecule has 4 nitrogen and oxygen atoms in total. The number of benzene rings is 2. The number of aromatic nitrogens is 1. The van der Waals surface area contributed by atoms with Crippen LogP contribution in [0.15, 0.2) is 36.5 Å². The second-order valence-electron chi connectivity index (χ2n) is 6.93. The molecule has 0 spiro atoms. The fraction of sp³-hybridized carbons (Fsp3) is 0.227. The average molecular weight is 485 g/mol. The first-order valence-corrected chi connectivity index (χ1v) is 12.3. The number of halogens is 4. The van der Waals surface area contributed by atoms with Gasteiger partial charge in [-0.3, -0.25) is 0 Å². The Morgan fingerprint density at radius 2 is 1.81 bits per heavy atom. The molecule has 0 saturated carbocycles. The highest BCUT2D eigenvalue weighted by Crippen LogP contribution is 2.36. The summed E-state index contributed by atoms with van der Waals surface area (Å²) in [6.07, 6.45) is 1.73. The maximum absolute atomic E-state index is 14.8. The molecule has 2 N–H and O–H groups in total. The monoisotopic (exact) mass is 484 g/mol. The molecule has 0 aliphatic carbocycles. The van der Waals surface area contributed by atoms with Crippen molar-refractivity contribution in [2.45, 2.75) is 6.42 Å². The van der Waals surface area contributed by atoms with Gasteiger partial charge in [-0.15, -0.1) is 0 Å². The summed E-state index contributed by atoms with van der Waals surface area (Å²) >= 11 is 12.1. The lowest BCUT2D eigenvalue weighted by Gasteiger charge is -2.16. The standard InChI is InChI=1S/C22H21Cl2F2N2O2P/c1-29-18-9-14(17(26)10-20(18)31(2)3)12-8-19(22(27)28-11-12)30-7-6-13-15(23)4-5-16(25)21(13)24/h4-5,8-11H,6-7H2,1-3H3,(H2,27,28). The van der Waals surface area contributed by atoms with Gasteiger partial charge < -0.3 is 15.2 Å². The Labute approximate surface area is 191 Å².